The molecule has 0 saturated carbocycles. The maximum absolute atomic E-state index is 4.24. The van der Waals surface area contributed by atoms with Gasteiger partial charge < -0.3 is 15.5 Å². The van der Waals surface area contributed by atoms with Crippen molar-refractivity contribution in [2.75, 3.05) is 38.5 Å². The topological polar surface area (TPSA) is 40.2 Å². The number of nitrogens with zero attached hydrogens (tertiary/aromatic N) is 2. The fraction of sp³-hybridized carbons (Fsp3) is 0.583. The Morgan fingerprint density at radius 2 is 2.50 bits per heavy atom. The first kappa shape index (κ1) is 11.4. The molecular weight excluding hydrogens is 200 g/mol. The summed E-state index contributed by atoms with van der Waals surface area (Å²) >= 11 is 0. The van der Waals surface area contributed by atoms with Crippen molar-refractivity contribution in [2.45, 2.75) is 12.5 Å². The van der Waals surface area contributed by atoms with E-state index in [-0.39, 0.29) is 0 Å². The number of nitrogens with one attached hydrogen (secondary N) is 2. The molecule has 88 valence electrons. The first-order valence-corrected chi connectivity index (χ1v) is 5.92. The minimum Gasteiger partial charge on any atom is -0.370 e. The fourth-order valence-corrected chi connectivity index (χ4v) is 2.02. The first-order valence-electron chi connectivity index (χ1n) is 5.92. The van der Waals surface area contributed by atoms with E-state index in [9.17, 15) is 0 Å². The molecule has 2 heterocycles. The van der Waals surface area contributed by atoms with Crippen LogP contribution in [-0.4, -0.2) is 49.2 Å². The highest BCUT2D eigenvalue weighted by atomic mass is 15.2. The highest BCUT2D eigenvalue weighted by Crippen LogP contribution is 2.06. The van der Waals surface area contributed by atoms with Crippen LogP contribution in [0.3, 0.4) is 0 Å². The van der Waals surface area contributed by atoms with Crippen LogP contribution in [0.1, 0.15) is 6.42 Å². The van der Waals surface area contributed by atoms with Gasteiger partial charge >= 0.3 is 0 Å². The molecule has 1 fully saturated rings. The summed E-state index contributed by atoms with van der Waals surface area (Å²) in [5, 5.41) is 6.78. The summed E-state index contributed by atoms with van der Waals surface area (Å²) in [5.74, 6) is 0.967. The number of hydrogen-bond donors (Lipinski definition) is 2. The molecular formula is C12H20N4. The van der Waals surface area contributed by atoms with Gasteiger partial charge in [-0.1, -0.05) is 6.07 Å². The lowest BCUT2D eigenvalue weighted by atomic mass is 10.1. The molecule has 4 nitrogen and oxygen atoms in total. The maximum atomic E-state index is 4.24. The smallest absolute Gasteiger partial charge is 0.125 e. The van der Waals surface area contributed by atoms with E-state index in [0.717, 1.165) is 38.4 Å². The molecule has 1 aliphatic rings. The summed E-state index contributed by atoms with van der Waals surface area (Å²) in [4.78, 5) is 6.67. The average molecular weight is 220 g/mol. The van der Waals surface area contributed by atoms with Crippen LogP contribution >= 0.6 is 0 Å². The van der Waals surface area contributed by atoms with Gasteiger partial charge in [0.25, 0.3) is 0 Å². The van der Waals surface area contributed by atoms with Gasteiger partial charge in [-0.25, -0.2) is 4.98 Å². The third kappa shape index (κ3) is 3.18. The lowest BCUT2D eigenvalue weighted by Gasteiger charge is -2.33. The van der Waals surface area contributed by atoms with E-state index in [2.05, 4.69) is 27.6 Å². The number of piperazine rings is 1. The lowest BCUT2D eigenvalue weighted by molar-refractivity contribution is 0.194. The molecule has 0 radical (unpaired) electrons. The van der Waals surface area contributed by atoms with Crippen molar-refractivity contribution < 1.29 is 0 Å². The Labute approximate surface area is 97.1 Å². The zero-order valence-electron chi connectivity index (χ0n) is 9.82. The summed E-state index contributed by atoms with van der Waals surface area (Å²) in [6.45, 7) is 4.34. The van der Waals surface area contributed by atoms with Gasteiger partial charge in [0, 0.05) is 38.4 Å². The van der Waals surface area contributed by atoms with Crippen LogP contribution in [0.5, 0.6) is 0 Å². The number of likely N-dealkylation sites (N-methyl/N-ethyl adjacent to an activating group) is 1. The normalized spacial score (nSPS) is 21.9. The van der Waals surface area contributed by atoms with Crippen LogP contribution < -0.4 is 10.6 Å². The van der Waals surface area contributed by atoms with E-state index >= 15 is 0 Å². The van der Waals surface area contributed by atoms with E-state index in [0.29, 0.717) is 6.04 Å². The van der Waals surface area contributed by atoms with Crippen LogP contribution in [0.15, 0.2) is 24.4 Å². The summed E-state index contributed by atoms with van der Waals surface area (Å²) in [6.07, 6.45) is 2.97. The number of aromatic nitrogens is 1. The molecule has 1 unspecified atom stereocenters. The molecule has 2 rings (SSSR count). The maximum Gasteiger partial charge on any atom is 0.125 e. The second kappa shape index (κ2) is 5.82. The van der Waals surface area contributed by atoms with Gasteiger partial charge in [-0.05, 0) is 25.6 Å². The summed E-state index contributed by atoms with van der Waals surface area (Å²) < 4.78 is 0. The highest BCUT2D eigenvalue weighted by Gasteiger charge is 2.17. The second-order valence-corrected chi connectivity index (χ2v) is 4.27. The third-order valence-electron chi connectivity index (χ3n) is 3.09. The molecule has 1 aromatic heterocycles. The Morgan fingerprint density at radius 1 is 1.56 bits per heavy atom. The molecule has 0 amide bonds. The number of anilines is 1. The summed E-state index contributed by atoms with van der Waals surface area (Å²) in [6, 6.07) is 6.58. The zero-order chi connectivity index (χ0) is 11.2. The molecule has 1 saturated heterocycles. The van der Waals surface area contributed by atoms with E-state index < -0.39 is 0 Å². The van der Waals surface area contributed by atoms with Crippen molar-refractivity contribution in [3.8, 4) is 0 Å². The third-order valence-corrected chi connectivity index (χ3v) is 3.09. The SMILES string of the molecule is CN1CCNCC1CCNc1ccccn1. The molecule has 2 N–H and O–H groups in total. The van der Waals surface area contributed by atoms with E-state index in [1.807, 2.05) is 24.4 Å². The Balaban J connectivity index is 1.71. The van der Waals surface area contributed by atoms with Gasteiger partial charge in [-0.15, -0.1) is 0 Å². The van der Waals surface area contributed by atoms with Crippen LogP contribution in [0.25, 0.3) is 0 Å². The van der Waals surface area contributed by atoms with Gasteiger partial charge in [-0.2, -0.15) is 0 Å². The Kier molecular flexibility index (Phi) is 4.13. The van der Waals surface area contributed by atoms with E-state index in [4.69, 9.17) is 0 Å². The van der Waals surface area contributed by atoms with Crippen molar-refractivity contribution in [1.29, 1.82) is 0 Å². The fourth-order valence-electron chi connectivity index (χ4n) is 2.02. The van der Waals surface area contributed by atoms with Crippen molar-refractivity contribution in [2.24, 2.45) is 0 Å². The zero-order valence-corrected chi connectivity index (χ0v) is 9.82. The van der Waals surface area contributed by atoms with Crippen molar-refractivity contribution in [3.63, 3.8) is 0 Å². The minimum absolute atomic E-state index is 0.643. The molecule has 0 aromatic carbocycles. The molecule has 0 aliphatic carbocycles. The number of pyridine rings is 1. The predicted octanol–water partition coefficient (Wildman–Crippen LogP) is 0.787. The predicted molar refractivity (Wildman–Crippen MR) is 66.6 cm³/mol. The molecule has 1 atom stereocenters. The van der Waals surface area contributed by atoms with Crippen LogP contribution in [0, 0.1) is 0 Å². The molecule has 1 aromatic rings. The average Bonchev–Trinajstić information content (AvgIpc) is 2.33. The summed E-state index contributed by atoms with van der Waals surface area (Å²) in [5.41, 5.74) is 0. The Bertz CT molecular complexity index is 301. The number of hydrogen-bond acceptors (Lipinski definition) is 4. The Hall–Kier alpha value is -1.13. The van der Waals surface area contributed by atoms with Gasteiger partial charge in [-0.3, -0.25) is 0 Å². The van der Waals surface area contributed by atoms with Crippen LogP contribution in [-0.2, 0) is 0 Å². The monoisotopic (exact) mass is 220 g/mol. The quantitative estimate of drug-likeness (QED) is 0.787. The van der Waals surface area contributed by atoms with Crippen molar-refractivity contribution in [3.05, 3.63) is 24.4 Å². The van der Waals surface area contributed by atoms with Crippen LogP contribution in [0.4, 0.5) is 5.82 Å². The van der Waals surface area contributed by atoms with Gasteiger partial charge in [0.05, 0.1) is 0 Å². The van der Waals surface area contributed by atoms with Crippen molar-refractivity contribution >= 4 is 5.82 Å². The van der Waals surface area contributed by atoms with E-state index in [1.54, 1.807) is 0 Å². The second-order valence-electron chi connectivity index (χ2n) is 4.27. The van der Waals surface area contributed by atoms with Gasteiger partial charge in [0.2, 0.25) is 0 Å². The molecule has 0 bridgehead atoms. The molecule has 1 aliphatic heterocycles. The Morgan fingerprint density at radius 3 is 3.25 bits per heavy atom. The van der Waals surface area contributed by atoms with Gasteiger partial charge in [0.1, 0.15) is 5.82 Å². The molecule has 4 heteroatoms. The highest BCUT2D eigenvalue weighted by molar-refractivity contribution is 5.32. The lowest BCUT2D eigenvalue weighted by Crippen LogP contribution is -2.49. The minimum atomic E-state index is 0.643. The standard InChI is InChI=1S/C12H20N4/c1-16-9-8-13-10-11(16)5-7-15-12-4-2-3-6-14-12/h2-4,6,11,13H,5,7-10H2,1H3,(H,14,15). The van der Waals surface area contributed by atoms with E-state index in [1.165, 1.54) is 0 Å². The van der Waals surface area contributed by atoms with Gasteiger partial charge in [0.15, 0.2) is 0 Å². The van der Waals surface area contributed by atoms with Crippen LogP contribution in [0.2, 0.25) is 0 Å². The number of rotatable bonds is 4. The molecule has 16 heavy (non-hydrogen) atoms. The van der Waals surface area contributed by atoms with Crippen molar-refractivity contribution in [1.82, 2.24) is 15.2 Å². The first-order chi connectivity index (χ1) is 7.86. The summed E-state index contributed by atoms with van der Waals surface area (Å²) in [7, 11) is 2.20. The molecule has 0 spiro atoms. The largest absolute Gasteiger partial charge is 0.370 e.